The molecule has 3 rings (SSSR count). The molecule has 2 saturated heterocycles. The summed E-state index contributed by atoms with van der Waals surface area (Å²) in [5.74, 6) is 0.0532. The van der Waals surface area contributed by atoms with Gasteiger partial charge in [0.1, 0.15) is 4.21 Å². The number of rotatable bonds is 6. The first-order chi connectivity index (χ1) is 12.1. The number of sulfonamides is 1. The van der Waals surface area contributed by atoms with Crippen LogP contribution in [0.15, 0.2) is 16.3 Å². The van der Waals surface area contributed by atoms with Crippen molar-refractivity contribution < 1.29 is 13.2 Å². The maximum absolute atomic E-state index is 12.6. The van der Waals surface area contributed by atoms with Crippen LogP contribution in [0.2, 0.25) is 0 Å². The third kappa shape index (κ3) is 4.81. The molecule has 2 aliphatic rings. The summed E-state index contributed by atoms with van der Waals surface area (Å²) in [5.41, 5.74) is 0. The second-order valence-corrected chi connectivity index (χ2v) is 10.1. The molecule has 1 unspecified atom stereocenters. The van der Waals surface area contributed by atoms with E-state index in [1.165, 1.54) is 11.3 Å². The summed E-state index contributed by atoms with van der Waals surface area (Å²) < 4.78 is 27.3. The highest BCUT2D eigenvalue weighted by Crippen LogP contribution is 2.27. The zero-order valence-electron chi connectivity index (χ0n) is 14.5. The van der Waals surface area contributed by atoms with E-state index in [4.69, 9.17) is 0 Å². The summed E-state index contributed by atoms with van der Waals surface area (Å²) in [6.07, 6.45) is 6.78. The monoisotopic (exact) mass is 385 g/mol. The van der Waals surface area contributed by atoms with Gasteiger partial charge < -0.3 is 10.6 Å². The molecular weight excluding hydrogens is 358 g/mol. The van der Waals surface area contributed by atoms with Crippen molar-refractivity contribution in [3.63, 3.8) is 0 Å². The maximum atomic E-state index is 12.6. The van der Waals surface area contributed by atoms with Crippen LogP contribution in [0.4, 0.5) is 0 Å². The van der Waals surface area contributed by atoms with Gasteiger partial charge in [0.25, 0.3) is 10.0 Å². The van der Waals surface area contributed by atoms with Crippen LogP contribution in [-0.4, -0.2) is 50.9 Å². The van der Waals surface area contributed by atoms with Gasteiger partial charge in [-0.2, -0.15) is 4.31 Å². The van der Waals surface area contributed by atoms with Crippen molar-refractivity contribution >= 4 is 27.3 Å². The van der Waals surface area contributed by atoms with Crippen LogP contribution in [0.1, 0.15) is 43.4 Å². The Labute approximate surface area is 154 Å². The molecule has 0 saturated carbocycles. The Morgan fingerprint density at radius 1 is 1.20 bits per heavy atom. The number of hydrogen-bond donors (Lipinski definition) is 2. The molecule has 1 aromatic heterocycles. The number of nitrogens with zero attached hydrogens (tertiary/aromatic N) is 1. The highest BCUT2D eigenvalue weighted by atomic mass is 32.2. The Balaban J connectivity index is 1.50. The zero-order valence-corrected chi connectivity index (χ0v) is 16.1. The molecule has 2 fully saturated rings. The molecule has 1 atom stereocenters. The number of carbonyl (C=O) groups excluding carboxylic acids is 1. The smallest absolute Gasteiger partial charge is 0.252 e. The van der Waals surface area contributed by atoms with Gasteiger partial charge in [-0.15, -0.1) is 11.3 Å². The molecule has 0 aromatic carbocycles. The van der Waals surface area contributed by atoms with Gasteiger partial charge in [0.2, 0.25) is 5.91 Å². The van der Waals surface area contributed by atoms with Crippen LogP contribution >= 0.6 is 11.3 Å². The van der Waals surface area contributed by atoms with Crippen LogP contribution in [0, 0.1) is 0 Å². The van der Waals surface area contributed by atoms with Crippen molar-refractivity contribution in [3.8, 4) is 0 Å². The first-order valence-electron chi connectivity index (χ1n) is 9.17. The molecule has 1 aromatic rings. The van der Waals surface area contributed by atoms with Crippen LogP contribution in [0.3, 0.4) is 0 Å². The van der Waals surface area contributed by atoms with Gasteiger partial charge >= 0.3 is 0 Å². The van der Waals surface area contributed by atoms with E-state index in [9.17, 15) is 13.2 Å². The summed E-state index contributed by atoms with van der Waals surface area (Å²) in [6.45, 7) is 2.70. The van der Waals surface area contributed by atoms with E-state index < -0.39 is 10.0 Å². The second kappa shape index (κ2) is 8.62. The lowest BCUT2D eigenvalue weighted by molar-refractivity contribution is -0.123. The SMILES string of the molecule is O=C(NCCc1ccc(S(=O)(=O)N2CCCCC2)s1)C1CCCCN1. The Kier molecular flexibility index (Phi) is 6.49. The largest absolute Gasteiger partial charge is 0.354 e. The molecule has 2 aliphatic heterocycles. The third-order valence-corrected chi connectivity index (χ3v) is 8.35. The fourth-order valence-electron chi connectivity index (χ4n) is 3.37. The molecule has 3 heterocycles. The summed E-state index contributed by atoms with van der Waals surface area (Å²) in [7, 11) is -3.35. The highest BCUT2D eigenvalue weighted by Gasteiger charge is 2.27. The minimum atomic E-state index is -3.35. The highest BCUT2D eigenvalue weighted by molar-refractivity contribution is 7.91. The lowest BCUT2D eigenvalue weighted by Gasteiger charge is -2.25. The van der Waals surface area contributed by atoms with Gasteiger partial charge in [0, 0.05) is 24.5 Å². The fourth-order valence-corrected chi connectivity index (χ4v) is 6.40. The first kappa shape index (κ1) is 18.8. The molecule has 25 heavy (non-hydrogen) atoms. The fraction of sp³-hybridized carbons (Fsp3) is 0.706. The molecule has 2 N–H and O–H groups in total. The lowest BCUT2D eigenvalue weighted by Crippen LogP contribution is -2.47. The third-order valence-electron chi connectivity index (χ3n) is 4.84. The number of carbonyl (C=O) groups is 1. The predicted octanol–water partition coefficient (Wildman–Crippen LogP) is 1.72. The van der Waals surface area contributed by atoms with E-state index in [1.807, 2.05) is 6.07 Å². The van der Waals surface area contributed by atoms with Crippen molar-refractivity contribution in [1.29, 1.82) is 0 Å². The normalized spacial score (nSPS) is 22.6. The summed E-state index contributed by atoms with van der Waals surface area (Å²) in [6, 6.07) is 3.49. The van der Waals surface area contributed by atoms with Crippen molar-refractivity contribution in [1.82, 2.24) is 14.9 Å². The molecular formula is C17H27N3O3S2. The topological polar surface area (TPSA) is 78.5 Å². The van der Waals surface area contributed by atoms with Crippen LogP contribution < -0.4 is 10.6 Å². The van der Waals surface area contributed by atoms with Crippen molar-refractivity contribution in [2.45, 2.75) is 55.2 Å². The van der Waals surface area contributed by atoms with E-state index in [2.05, 4.69) is 10.6 Å². The standard InChI is InChI=1S/C17H27N3O3S2/c21-17(15-6-2-3-10-18-15)19-11-9-14-7-8-16(24-14)25(22,23)20-12-4-1-5-13-20/h7-8,15,18H,1-6,9-13H2,(H,19,21). The average molecular weight is 386 g/mol. The van der Waals surface area contributed by atoms with Crippen LogP contribution in [0.5, 0.6) is 0 Å². The van der Waals surface area contributed by atoms with Gasteiger partial charge in [0.05, 0.1) is 6.04 Å². The van der Waals surface area contributed by atoms with Gasteiger partial charge in [-0.1, -0.05) is 12.8 Å². The van der Waals surface area contributed by atoms with E-state index in [0.717, 1.165) is 49.9 Å². The van der Waals surface area contributed by atoms with E-state index in [-0.39, 0.29) is 11.9 Å². The van der Waals surface area contributed by atoms with Crippen LogP contribution in [0.25, 0.3) is 0 Å². The molecule has 1 amide bonds. The summed E-state index contributed by atoms with van der Waals surface area (Å²) in [5, 5.41) is 6.19. The number of amides is 1. The predicted molar refractivity (Wildman–Crippen MR) is 99.3 cm³/mol. The maximum Gasteiger partial charge on any atom is 0.252 e. The average Bonchev–Trinajstić information content (AvgIpc) is 3.13. The lowest BCUT2D eigenvalue weighted by atomic mass is 10.0. The van der Waals surface area contributed by atoms with Gasteiger partial charge in [-0.25, -0.2) is 8.42 Å². The number of nitrogens with one attached hydrogen (secondary N) is 2. The second-order valence-electron chi connectivity index (χ2n) is 6.73. The van der Waals surface area contributed by atoms with Crippen molar-refractivity contribution in [2.24, 2.45) is 0 Å². The summed E-state index contributed by atoms with van der Waals surface area (Å²) in [4.78, 5) is 13.1. The van der Waals surface area contributed by atoms with Gasteiger partial charge in [-0.05, 0) is 50.8 Å². The van der Waals surface area contributed by atoms with Crippen LogP contribution in [-0.2, 0) is 21.2 Å². The Bertz CT molecular complexity index is 675. The minimum absolute atomic E-state index is 0.0532. The molecule has 0 radical (unpaired) electrons. The van der Waals surface area contributed by atoms with Crippen molar-refractivity contribution in [2.75, 3.05) is 26.2 Å². The number of thiophene rings is 1. The molecule has 8 heteroatoms. The quantitative estimate of drug-likeness (QED) is 0.782. The molecule has 0 spiro atoms. The minimum Gasteiger partial charge on any atom is -0.354 e. The van der Waals surface area contributed by atoms with E-state index >= 15 is 0 Å². The molecule has 140 valence electrons. The van der Waals surface area contributed by atoms with Gasteiger partial charge in [-0.3, -0.25) is 4.79 Å². The van der Waals surface area contributed by atoms with Crippen molar-refractivity contribution in [3.05, 3.63) is 17.0 Å². The first-order valence-corrected chi connectivity index (χ1v) is 11.4. The molecule has 6 nitrogen and oxygen atoms in total. The Morgan fingerprint density at radius 2 is 2.00 bits per heavy atom. The Hall–Kier alpha value is -0.960. The number of hydrogen-bond acceptors (Lipinski definition) is 5. The van der Waals surface area contributed by atoms with E-state index in [0.29, 0.717) is 30.3 Å². The zero-order chi connectivity index (χ0) is 17.7. The summed E-state index contributed by atoms with van der Waals surface area (Å²) >= 11 is 1.32. The Morgan fingerprint density at radius 3 is 2.72 bits per heavy atom. The molecule has 0 aliphatic carbocycles. The van der Waals surface area contributed by atoms with E-state index in [1.54, 1.807) is 10.4 Å². The number of piperidine rings is 2. The van der Waals surface area contributed by atoms with Gasteiger partial charge in [0.15, 0.2) is 0 Å². The molecule has 0 bridgehead atoms.